The van der Waals surface area contributed by atoms with E-state index in [-0.39, 0.29) is 11.5 Å². The van der Waals surface area contributed by atoms with Crippen molar-refractivity contribution in [3.63, 3.8) is 0 Å². The van der Waals surface area contributed by atoms with Crippen molar-refractivity contribution in [1.29, 1.82) is 0 Å². The van der Waals surface area contributed by atoms with Gasteiger partial charge in [-0.05, 0) is 88.0 Å². The average Bonchev–Trinajstić information content (AvgIpc) is 2.88. The highest BCUT2D eigenvalue weighted by atomic mass is 16.5. The highest BCUT2D eigenvalue weighted by molar-refractivity contribution is 6.05. The molecule has 2 aliphatic heterocycles. The van der Waals surface area contributed by atoms with Gasteiger partial charge in [0.2, 0.25) is 0 Å². The number of amides is 1. The van der Waals surface area contributed by atoms with Crippen LogP contribution < -0.4 is 15.0 Å². The van der Waals surface area contributed by atoms with Gasteiger partial charge < -0.3 is 25.0 Å². The van der Waals surface area contributed by atoms with Crippen LogP contribution in [0.2, 0.25) is 0 Å². The topological polar surface area (TPSA) is 95.0 Å². The number of carbonyl (C=O) groups excluding carboxylic acids is 1. The van der Waals surface area contributed by atoms with Gasteiger partial charge in [0, 0.05) is 18.7 Å². The second-order valence-corrected chi connectivity index (χ2v) is 9.20. The van der Waals surface area contributed by atoms with Crippen molar-refractivity contribution in [2.75, 3.05) is 50.1 Å². The number of benzene rings is 1. The lowest BCUT2D eigenvalue weighted by atomic mass is 9.93. The Hall–Kier alpha value is -3.13. The summed E-state index contributed by atoms with van der Waals surface area (Å²) >= 11 is 0. The number of rotatable bonds is 8. The standard InChI is InChI=1S/C26H34N4O4/c1-34-22-7-5-20(6-8-22)25(31)28-21-17-23(26(32)33)24(27-18-21)30-15-10-19(11-16-30)9-14-29-12-3-2-4-13-29/h5-8,17-19H,2-4,9-16H2,1H3,(H,28,31)(H,32,33). The number of nitrogens with one attached hydrogen (secondary N) is 1. The Morgan fingerprint density at radius 3 is 2.44 bits per heavy atom. The van der Waals surface area contributed by atoms with E-state index in [0.717, 1.165) is 25.9 Å². The summed E-state index contributed by atoms with van der Waals surface area (Å²) in [6.45, 7) is 5.23. The summed E-state index contributed by atoms with van der Waals surface area (Å²) in [5.74, 6) is 0.434. The normalized spacial score (nSPS) is 17.4. The predicted octanol–water partition coefficient (Wildman–Crippen LogP) is 4.13. The van der Waals surface area contributed by atoms with Crippen LogP contribution in [0.1, 0.15) is 59.2 Å². The molecule has 34 heavy (non-hydrogen) atoms. The van der Waals surface area contributed by atoms with E-state index in [1.54, 1.807) is 31.4 Å². The summed E-state index contributed by atoms with van der Waals surface area (Å²) in [5, 5.41) is 12.6. The summed E-state index contributed by atoms with van der Waals surface area (Å²) in [6.07, 6.45) is 8.83. The number of aromatic nitrogens is 1. The lowest BCUT2D eigenvalue weighted by Crippen LogP contribution is -2.37. The first-order valence-electron chi connectivity index (χ1n) is 12.2. The number of aromatic carboxylic acids is 1. The van der Waals surface area contributed by atoms with Crippen LogP contribution in [0.4, 0.5) is 11.5 Å². The summed E-state index contributed by atoms with van der Waals surface area (Å²) in [4.78, 5) is 33.6. The lowest BCUT2D eigenvalue weighted by Gasteiger charge is -2.35. The molecule has 8 heteroatoms. The first-order chi connectivity index (χ1) is 16.5. The molecular weight excluding hydrogens is 432 g/mol. The van der Waals surface area contributed by atoms with Crippen molar-refractivity contribution >= 4 is 23.4 Å². The van der Waals surface area contributed by atoms with Crippen LogP contribution in [0.5, 0.6) is 5.75 Å². The SMILES string of the molecule is COc1ccc(C(=O)Nc2cnc(N3CCC(CCN4CCCCC4)CC3)c(C(=O)O)c2)cc1. The van der Waals surface area contributed by atoms with Crippen LogP contribution in [-0.2, 0) is 0 Å². The van der Waals surface area contributed by atoms with Crippen LogP contribution in [0.3, 0.4) is 0 Å². The zero-order valence-electron chi connectivity index (χ0n) is 19.8. The second kappa shape index (κ2) is 11.3. The first-order valence-corrected chi connectivity index (χ1v) is 12.2. The van der Waals surface area contributed by atoms with Crippen LogP contribution in [0, 0.1) is 5.92 Å². The number of likely N-dealkylation sites (tertiary alicyclic amines) is 1. The van der Waals surface area contributed by atoms with Gasteiger partial charge in [0.05, 0.1) is 19.0 Å². The van der Waals surface area contributed by atoms with Gasteiger partial charge in [-0.25, -0.2) is 9.78 Å². The smallest absolute Gasteiger partial charge is 0.339 e. The number of carboxylic acids is 1. The largest absolute Gasteiger partial charge is 0.497 e. The van der Waals surface area contributed by atoms with Gasteiger partial charge >= 0.3 is 5.97 Å². The number of anilines is 2. The van der Waals surface area contributed by atoms with Crippen LogP contribution in [0.15, 0.2) is 36.5 Å². The van der Waals surface area contributed by atoms with E-state index in [2.05, 4.69) is 20.1 Å². The maximum atomic E-state index is 12.6. The van der Waals surface area contributed by atoms with Gasteiger partial charge in [0.25, 0.3) is 5.91 Å². The van der Waals surface area contributed by atoms with Crippen molar-refractivity contribution in [2.24, 2.45) is 5.92 Å². The zero-order chi connectivity index (χ0) is 23.9. The molecule has 1 aromatic heterocycles. The van der Waals surface area contributed by atoms with Crippen molar-refractivity contribution in [3.8, 4) is 5.75 Å². The number of ether oxygens (including phenoxy) is 1. The minimum atomic E-state index is -1.05. The highest BCUT2D eigenvalue weighted by Gasteiger charge is 2.25. The number of pyridine rings is 1. The number of carbonyl (C=O) groups is 2. The van der Waals surface area contributed by atoms with E-state index in [4.69, 9.17) is 4.74 Å². The molecule has 2 fully saturated rings. The molecule has 3 heterocycles. The molecule has 2 N–H and O–H groups in total. The van der Waals surface area contributed by atoms with Gasteiger partial charge in [-0.3, -0.25) is 4.79 Å². The van der Waals surface area contributed by atoms with E-state index >= 15 is 0 Å². The second-order valence-electron chi connectivity index (χ2n) is 9.20. The molecular formula is C26H34N4O4. The van der Waals surface area contributed by atoms with Gasteiger partial charge in [-0.2, -0.15) is 0 Å². The third kappa shape index (κ3) is 6.05. The molecule has 4 rings (SSSR count). The van der Waals surface area contributed by atoms with Crippen LogP contribution in [-0.4, -0.2) is 66.7 Å². The van der Waals surface area contributed by atoms with Crippen LogP contribution in [0.25, 0.3) is 0 Å². The molecule has 0 unspecified atom stereocenters. The molecule has 0 atom stereocenters. The fraction of sp³-hybridized carbons (Fsp3) is 0.500. The number of nitrogens with zero attached hydrogens (tertiary/aromatic N) is 3. The number of hydrogen-bond donors (Lipinski definition) is 2. The van der Waals surface area contributed by atoms with E-state index in [0.29, 0.717) is 28.7 Å². The molecule has 0 bridgehead atoms. The molecule has 2 saturated heterocycles. The molecule has 0 aliphatic carbocycles. The van der Waals surface area contributed by atoms with Crippen molar-refractivity contribution in [1.82, 2.24) is 9.88 Å². The van der Waals surface area contributed by atoms with Crippen molar-refractivity contribution < 1.29 is 19.4 Å². The first kappa shape index (κ1) is 24.0. The molecule has 1 aromatic carbocycles. The molecule has 0 saturated carbocycles. The molecule has 0 radical (unpaired) electrons. The Bertz CT molecular complexity index is 981. The Kier molecular flexibility index (Phi) is 8.00. The van der Waals surface area contributed by atoms with E-state index in [9.17, 15) is 14.7 Å². The molecule has 2 aliphatic rings. The van der Waals surface area contributed by atoms with Gasteiger partial charge in [-0.15, -0.1) is 0 Å². The lowest BCUT2D eigenvalue weighted by molar-refractivity contribution is 0.0696. The highest BCUT2D eigenvalue weighted by Crippen LogP contribution is 2.28. The summed E-state index contributed by atoms with van der Waals surface area (Å²) in [5.41, 5.74) is 0.922. The van der Waals surface area contributed by atoms with Crippen LogP contribution >= 0.6 is 0 Å². The third-order valence-electron chi connectivity index (χ3n) is 6.92. The summed E-state index contributed by atoms with van der Waals surface area (Å²) < 4.78 is 5.11. The predicted molar refractivity (Wildman–Crippen MR) is 132 cm³/mol. The Morgan fingerprint density at radius 1 is 1.09 bits per heavy atom. The minimum absolute atomic E-state index is 0.110. The van der Waals surface area contributed by atoms with E-state index in [1.165, 1.54) is 57.6 Å². The summed E-state index contributed by atoms with van der Waals surface area (Å²) in [7, 11) is 1.56. The number of methoxy groups -OCH3 is 1. The van der Waals surface area contributed by atoms with Gasteiger partial charge in [0.1, 0.15) is 17.1 Å². The molecule has 2 aromatic rings. The molecule has 1 amide bonds. The number of hydrogen-bond acceptors (Lipinski definition) is 6. The Morgan fingerprint density at radius 2 is 1.79 bits per heavy atom. The Balaban J connectivity index is 1.36. The molecule has 8 nitrogen and oxygen atoms in total. The zero-order valence-corrected chi connectivity index (χ0v) is 19.8. The summed E-state index contributed by atoms with van der Waals surface area (Å²) in [6, 6.07) is 8.21. The maximum absolute atomic E-state index is 12.6. The minimum Gasteiger partial charge on any atom is -0.497 e. The molecule has 182 valence electrons. The van der Waals surface area contributed by atoms with E-state index in [1.807, 2.05) is 0 Å². The maximum Gasteiger partial charge on any atom is 0.339 e. The fourth-order valence-corrected chi connectivity index (χ4v) is 4.86. The quantitative estimate of drug-likeness (QED) is 0.604. The van der Waals surface area contributed by atoms with Crippen molar-refractivity contribution in [2.45, 2.75) is 38.5 Å². The third-order valence-corrected chi connectivity index (χ3v) is 6.92. The molecule has 0 spiro atoms. The number of carboxylic acid groups (broad SMARTS) is 1. The Labute approximate surface area is 200 Å². The van der Waals surface area contributed by atoms with E-state index < -0.39 is 5.97 Å². The monoisotopic (exact) mass is 466 g/mol. The number of piperidine rings is 2. The van der Waals surface area contributed by atoms with Gasteiger partial charge in [0.15, 0.2) is 0 Å². The van der Waals surface area contributed by atoms with Crippen molar-refractivity contribution in [3.05, 3.63) is 47.7 Å². The van der Waals surface area contributed by atoms with Gasteiger partial charge in [-0.1, -0.05) is 6.42 Å². The average molecular weight is 467 g/mol. The fourth-order valence-electron chi connectivity index (χ4n) is 4.86.